The summed E-state index contributed by atoms with van der Waals surface area (Å²) in [6.07, 6.45) is 2.84. The van der Waals surface area contributed by atoms with Crippen LogP contribution in [0.15, 0.2) is 35.4 Å². The molecule has 1 aromatic heterocycles. The van der Waals surface area contributed by atoms with Crippen LogP contribution >= 0.6 is 0 Å². The highest BCUT2D eigenvalue weighted by atomic mass is 32.2. The smallest absolute Gasteiger partial charge is 0.355 e. The molecule has 1 aromatic carbocycles. The Bertz CT molecular complexity index is 1120. The van der Waals surface area contributed by atoms with Crippen LogP contribution in [0.2, 0.25) is 0 Å². The summed E-state index contributed by atoms with van der Waals surface area (Å²) in [5.74, 6) is -1.21. The van der Waals surface area contributed by atoms with E-state index >= 15 is 0 Å². The number of anilines is 1. The quantitative estimate of drug-likeness (QED) is 0.516. The van der Waals surface area contributed by atoms with Gasteiger partial charge >= 0.3 is 5.97 Å². The monoisotopic (exact) mass is 433 g/mol. The molecule has 2 aromatic rings. The molecule has 11 heteroatoms. The molecule has 0 saturated carbocycles. The van der Waals surface area contributed by atoms with Crippen molar-refractivity contribution >= 4 is 33.4 Å². The van der Waals surface area contributed by atoms with Crippen molar-refractivity contribution in [2.75, 3.05) is 31.6 Å². The maximum absolute atomic E-state index is 12.5. The Kier molecular flexibility index (Phi) is 5.31. The molecule has 2 aliphatic heterocycles. The molecule has 10 nitrogen and oxygen atoms in total. The number of fused-ring (bicyclic) bond motifs is 1. The fourth-order valence-corrected chi connectivity index (χ4v) is 4.78. The van der Waals surface area contributed by atoms with E-state index in [1.54, 1.807) is 6.07 Å². The molecule has 30 heavy (non-hydrogen) atoms. The van der Waals surface area contributed by atoms with E-state index in [1.165, 1.54) is 28.7 Å². The van der Waals surface area contributed by atoms with Crippen LogP contribution in [0.1, 0.15) is 33.7 Å². The van der Waals surface area contributed by atoms with E-state index in [0.29, 0.717) is 24.5 Å². The van der Waals surface area contributed by atoms with Crippen molar-refractivity contribution in [1.29, 1.82) is 0 Å². The van der Waals surface area contributed by atoms with Gasteiger partial charge in [-0.2, -0.15) is 4.31 Å². The van der Waals surface area contributed by atoms with E-state index in [-0.39, 0.29) is 28.7 Å². The number of benzene rings is 1. The Morgan fingerprint density at radius 2 is 1.93 bits per heavy atom. The molecule has 158 valence electrons. The molecule has 1 amide bonds. The number of ketones is 1. The van der Waals surface area contributed by atoms with Gasteiger partial charge in [0, 0.05) is 24.8 Å². The number of nitrogens with zero attached hydrogens (tertiary/aromatic N) is 1. The van der Waals surface area contributed by atoms with E-state index < -0.39 is 28.4 Å². The van der Waals surface area contributed by atoms with E-state index in [9.17, 15) is 22.8 Å². The predicted octanol–water partition coefficient (Wildman–Crippen LogP) is 1.17. The fraction of sp³-hybridized carbons (Fsp3) is 0.316. The molecule has 0 unspecified atom stereocenters. The first kappa shape index (κ1) is 20.1. The van der Waals surface area contributed by atoms with Gasteiger partial charge in [-0.05, 0) is 37.1 Å². The van der Waals surface area contributed by atoms with Crippen LogP contribution in [0, 0.1) is 0 Å². The maximum atomic E-state index is 12.5. The molecule has 0 aliphatic carbocycles. The molecule has 2 N–H and O–H groups in total. The van der Waals surface area contributed by atoms with Gasteiger partial charge in [-0.25, -0.2) is 13.2 Å². The van der Waals surface area contributed by atoms with Gasteiger partial charge in [-0.15, -0.1) is 0 Å². The number of amides is 1. The van der Waals surface area contributed by atoms with Gasteiger partial charge in [0.05, 0.1) is 5.69 Å². The molecule has 0 bridgehead atoms. The second-order valence-electron chi connectivity index (χ2n) is 6.91. The summed E-state index contributed by atoms with van der Waals surface area (Å²) < 4.78 is 36.7. The summed E-state index contributed by atoms with van der Waals surface area (Å²) in [7, 11) is -3.66. The number of hydrogen-bond acceptors (Lipinski definition) is 7. The number of carbonyl (C=O) groups is 3. The summed E-state index contributed by atoms with van der Waals surface area (Å²) in [6.45, 7) is 0.269. The molecule has 1 saturated heterocycles. The van der Waals surface area contributed by atoms with Crippen LogP contribution in [0.3, 0.4) is 0 Å². The number of esters is 1. The Balaban J connectivity index is 1.39. The Morgan fingerprint density at radius 3 is 2.70 bits per heavy atom. The molecule has 0 spiro atoms. The number of carbonyl (C=O) groups excluding carboxylic acids is 3. The highest BCUT2D eigenvalue weighted by Gasteiger charge is 2.29. The molecule has 0 radical (unpaired) electrons. The Morgan fingerprint density at radius 1 is 1.17 bits per heavy atom. The molecule has 2 aliphatic rings. The first-order chi connectivity index (χ1) is 14.3. The predicted molar refractivity (Wildman–Crippen MR) is 104 cm³/mol. The second-order valence-corrected chi connectivity index (χ2v) is 8.85. The van der Waals surface area contributed by atoms with Crippen LogP contribution in [0.25, 0.3) is 0 Å². The average Bonchev–Trinajstić information content (AvgIpc) is 3.44. The van der Waals surface area contributed by atoms with E-state index in [0.717, 1.165) is 12.8 Å². The highest BCUT2D eigenvalue weighted by molar-refractivity contribution is 7.89. The van der Waals surface area contributed by atoms with Crippen LogP contribution in [0.4, 0.5) is 5.69 Å². The molecule has 3 heterocycles. The number of sulfonamides is 1. The van der Waals surface area contributed by atoms with Crippen LogP contribution in [-0.4, -0.2) is 61.7 Å². The summed E-state index contributed by atoms with van der Waals surface area (Å²) in [5, 5.41) is 2.60. The van der Waals surface area contributed by atoms with Crippen LogP contribution in [0.5, 0.6) is 5.75 Å². The zero-order chi connectivity index (χ0) is 21.3. The van der Waals surface area contributed by atoms with Crippen molar-refractivity contribution in [2.45, 2.75) is 17.7 Å². The van der Waals surface area contributed by atoms with Crippen LogP contribution < -0.4 is 10.1 Å². The number of H-pyrrole nitrogens is 1. The first-order valence-corrected chi connectivity index (χ1v) is 10.7. The molecule has 0 atom stereocenters. The van der Waals surface area contributed by atoms with Crippen molar-refractivity contribution in [2.24, 2.45) is 0 Å². The number of ether oxygens (including phenoxy) is 2. The zero-order valence-corrected chi connectivity index (χ0v) is 16.7. The number of hydrogen-bond donors (Lipinski definition) is 2. The summed E-state index contributed by atoms with van der Waals surface area (Å²) in [6, 6.07) is 5.69. The third-order valence-corrected chi connectivity index (χ3v) is 6.72. The highest BCUT2D eigenvalue weighted by Crippen LogP contribution is 2.28. The number of Topliss-reactive ketones (excluding diaryl/α,β-unsaturated/α-hetero) is 1. The molecule has 4 rings (SSSR count). The summed E-state index contributed by atoms with van der Waals surface area (Å²) >= 11 is 0. The number of rotatable bonds is 6. The van der Waals surface area contributed by atoms with Gasteiger partial charge < -0.3 is 19.8 Å². The minimum absolute atomic E-state index is 0.0203. The van der Waals surface area contributed by atoms with Gasteiger partial charge in [0.25, 0.3) is 5.91 Å². The van der Waals surface area contributed by atoms with Gasteiger partial charge in [0.1, 0.15) is 16.3 Å². The maximum Gasteiger partial charge on any atom is 0.355 e. The van der Waals surface area contributed by atoms with Gasteiger partial charge in [-0.3, -0.25) is 9.59 Å². The standard InChI is InChI=1S/C19H19N3O7S/c23-16(12-3-4-17-14(7-12)21-18(24)11-28-17)10-29-19(25)15-8-13(9-20-15)30(26,27)22-5-1-2-6-22/h3-4,7-9,20H,1-2,5-6,10-11H2,(H,21,24). The summed E-state index contributed by atoms with van der Waals surface area (Å²) in [5.41, 5.74) is 0.535. The topological polar surface area (TPSA) is 135 Å². The minimum atomic E-state index is -3.66. The third kappa shape index (κ3) is 3.94. The van der Waals surface area contributed by atoms with Gasteiger partial charge in [0.15, 0.2) is 19.0 Å². The lowest BCUT2D eigenvalue weighted by atomic mass is 10.1. The number of nitrogens with one attached hydrogen (secondary N) is 2. The largest absolute Gasteiger partial charge is 0.482 e. The van der Waals surface area contributed by atoms with Crippen molar-refractivity contribution in [3.8, 4) is 5.75 Å². The average molecular weight is 433 g/mol. The lowest BCUT2D eigenvalue weighted by Crippen LogP contribution is -2.27. The molecular formula is C19H19N3O7S. The van der Waals surface area contributed by atoms with E-state index in [4.69, 9.17) is 9.47 Å². The Labute approximate surface area is 172 Å². The minimum Gasteiger partial charge on any atom is -0.482 e. The lowest BCUT2D eigenvalue weighted by molar-refractivity contribution is -0.118. The van der Waals surface area contributed by atoms with Gasteiger partial charge in [-0.1, -0.05) is 0 Å². The fourth-order valence-electron chi connectivity index (χ4n) is 3.27. The SMILES string of the molecule is O=C1COc2ccc(C(=O)COC(=O)c3cc(S(=O)(=O)N4CCCC4)c[nH]3)cc2N1. The Hall–Kier alpha value is -3.18. The second kappa shape index (κ2) is 7.92. The van der Waals surface area contributed by atoms with E-state index in [1.807, 2.05) is 0 Å². The third-order valence-electron chi connectivity index (χ3n) is 4.85. The lowest BCUT2D eigenvalue weighted by Gasteiger charge is -2.18. The van der Waals surface area contributed by atoms with Crippen molar-refractivity contribution < 1.29 is 32.3 Å². The number of aromatic amines is 1. The normalized spacial score (nSPS) is 16.5. The molecular weight excluding hydrogens is 414 g/mol. The van der Waals surface area contributed by atoms with Crippen molar-refractivity contribution in [1.82, 2.24) is 9.29 Å². The van der Waals surface area contributed by atoms with Crippen LogP contribution in [-0.2, 0) is 19.6 Å². The molecule has 1 fully saturated rings. The first-order valence-electron chi connectivity index (χ1n) is 9.30. The van der Waals surface area contributed by atoms with Gasteiger partial charge in [0.2, 0.25) is 10.0 Å². The van der Waals surface area contributed by atoms with Crippen molar-refractivity contribution in [3.63, 3.8) is 0 Å². The van der Waals surface area contributed by atoms with E-state index in [2.05, 4.69) is 10.3 Å². The number of aromatic nitrogens is 1. The zero-order valence-electron chi connectivity index (χ0n) is 15.8. The summed E-state index contributed by atoms with van der Waals surface area (Å²) in [4.78, 5) is 38.5. The van der Waals surface area contributed by atoms with Crippen molar-refractivity contribution in [3.05, 3.63) is 41.7 Å².